The summed E-state index contributed by atoms with van der Waals surface area (Å²) in [6.07, 6.45) is 0. The Morgan fingerprint density at radius 3 is 2.62 bits per heavy atom. The average Bonchev–Trinajstić information content (AvgIpc) is 2.16. The molecule has 1 aromatic carbocycles. The lowest BCUT2D eigenvalue weighted by Crippen LogP contribution is -2.16. The second-order valence-electron chi connectivity index (χ2n) is 3.59. The van der Waals surface area contributed by atoms with E-state index in [1.807, 2.05) is 0 Å². The molecule has 0 radical (unpaired) electrons. The van der Waals surface area contributed by atoms with Gasteiger partial charge < -0.3 is 10.6 Å². The average molecular weight is 178 g/mol. The monoisotopic (exact) mass is 178 g/mol. The highest BCUT2D eigenvalue weighted by atomic mass is 15.1. The smallest absolute Gasteiger partial charge is 0.0313 e. The molecule has 1 rings (SSSR count). The zero-order valence-electron chi connectivity index (χ0n) is 8.62. The summed E-state index contributed by atoms with van der Waals surface area (Å²) in [5.74, 6) is 0. The number of benzene rings is 1. The van der Waals surface area contributed by atoms with Gasteiger partial charge in [0, 0.05) is 12.6 Å². The molecule has 2 nitrogen and oxygen atoms in total. The van der Waals surface area contributed by atoms with Gasteiger partial charge in [0.15, 0.2) is 0 Å². The largest absolute Gasteiger partial charge is 0.326 e. The number of nitrogens with two attached hydrogens (primary N) is 1. The molecule has 2 N–H and O–H groups in total. The Morgan fingerprint density at radius 2 is 2.08 bits per heavy atom. The summed E-state index contributed by atoms with van der Waals surface area (Å²) in [4.78, 5) is 2.19. The Kier molecular flexibility index (Phi) is 3.46. The molecule has 72 valence electrons. The Morgan fingerprint density at radius 1 is 1.38 bits per heavy atom. The fraction of sp³-hybridized carbons (Fsp3) is 0.455. The van der Waals surface area contributed by atoms with Gasteiger partial charge in [-0.25, -0.2) is 0 Å². The van der Waals surface area contributed by atoms with E-state index in [4.69, 9.17) is 5.73 Å². The molecule has 1 atom stereocenters. The van der Waals surface area contributed by atoms with Gasteiger partial charge in [0.05, 0.1) is 0 Å². The van der Waals surface area contributed by atoms with Crippen molar-refractivity contribution in [2.45, 2.75) is 19.5 Å². The van der Waals surface area contributed by atoms with Gasteiger partial charge in [-0.3, -0.25) is 0 Å². The van der Waals surface area contributed by atoms with Gasteiger partial charge in [-0.1, -0.05) is 24.3 Å². The van der Waals surface area contributed by atoms with Gasteiger partial charge in [0.25, 0.3) is 0 Å². The van der Waals surface area contributed by atoms with Crippen molar-refractivity contribution >= 4 is 0 Å². The van der Waals surface area contributed by atoms with E-state index in [1.54, 1.807) is 0 Å². The summed E-state index contributed by atoms with van der Waals surface area (Å²) < 4.78 is 0. The Labute approximate surface area is 80.4 Å². The third-order valence-corrected chi connectivity index (χ3v) is 2.44. The van der Waals surface area contributed by atoms with Crippen molar-refractivity contribution in [3.8, 4) is 0 Å². The van der Waals surface area contributed by atoms with Crippen LogP contribution in [0.2, 0.25) is 0 Å². The van der Waals surface area contributed by atoms with Crippen molar-refractivity contribution in [3.63, 3.8) is 0 Å². The van der Waals surface area contributed by atoms with Crippen LogP contribution in [0.3, 0.4) is 0 Å². The van der Waals surface area contributed by atoms with Crippen molar-refractivity contribution in [2.75, 3.05) is 14.1 Å². The van der Waals surface area contributed by atoms with E-state index in [2.05, 4.69) is 50.2 Å². The van der Waals surface area contributed by atoms with Crippen molar-refractivity contribution in [1.29, 1.82) is 0 Å². The van der Waals surface area contributed by atoms with Crippen LogP contribution in [0.5, 0.6) is 0 Å². The molecule has 0 saturated carbocycles. The maximum Gasteiger partial charge on any atom is 0.0313 e. The first kappa shape index (κ1) is 10.2. The van der Waals surface area contributed by atoms with Crippen molar-refractivity contribution < 1.29 is 0 Å². The van der Waals surface area contributed by atoms with Crippen LogP contribution in [0.1, 0.15) is 24.1 Å². The number of rotatable bonds is 3. The van der Waals surface area contributed by atoms with Gasteiger partial charge in [0.2, 0.25) is 0 Å². The standard InChI is InChI=1S/C11H18N2/c1-9(13(2)3)11-6-4-5-10(7-11)8-12/h4-7,9H,8,12H2,1-3H3. The van der Waals surface area contributed by atoms with E-state index in [1.165, 1.54) is 11.1 Å². The van der Waals surface area contributed by atoms with E-state index >= 15 is 0 Å². The zero-order chi connectivity index (χ0) is 9.84. The van der Waals surface area contributed by atoms with Crippen LogP contribution >= 0.6 is 0 Å². The highest BCUT2D eigenvalue weighted by Gasteiger charge is 2.06. The first-order valence-electron chi connectivity index (χ1n) is 4.60. The van der Waals surface area contributed by atoms with Crippen LogP contribution in [0.15, 0.2) is 24.3 Å². The van der Waals surface area contributed by atoms with Crippen LogP contribution < -0.4 is 5.73 Å². The summed E-state index contributed by atoms with van der Waals surface area (Å²) in [7, 11) is 4.17. The van der Waals surface area contributed by atoms with Crippen LogP contribution in [-0.4, -0.2) is 19.0 Å². The Bertz CT molecular complexity index is 269. The molecule has 2 heteroatoms. The SMILES string of the molecule is CC(c1cccc(CN)c1)N(C)C. The highest BCUT2D eigenvalue weighted by molar-refractivity contribution is 5.25. The minimum absolute atomic E-state index is 0.450. The van der Waals surface area contributed by atoms with Crippen LogP contribution in [0, 0.1) is 0 Å². The third kappa shape index (κ3) is 2.54. The third-order valence-electron chi connectivity index (χ3n) is 2.44. The molecule has 0 aromatic heterocycles. The predicted molar refractivity (Wildman–Crippen MR) is 56.4 cm³/mol. The van der Waals surface area contributed by atoms with E-state index in [-0.39, 0.29) is 0 Å². The van der Waals surface area contributed by atoms with E-state index < -0.39 is 0 Å². The van der Waals surface area contributed by atoms with Gasteiger partial charge in [-0.15, -0.1) is 0 Å². The molecule has 0 bridgehead atoms. The fourth-order valence-electron chi connectivity index (χ4n) is 1.28. The zero-order valence-corrected chi connectivity index (χ0v) is 8.62. The van der Waals surface area contributed by atoms with Crippen molar-refractivity contribution in [1.82, 2.24) is 4.90 Å². The first-order chi connectivity index (χ1) is 6.15. The molecule has 0 heterocycles. The lowest BCUT2D eigenvalue weighted by atomic mass is 10.0. The van der Waals surface area contributed by atoms with Crippen LogP contribution in [0.25, 0.3) is 0 Å². The fourth-order valence-corrected chi connectivity index (χ4v) is 1.28. The Hall–Kier alpha value is -0.860. The summed E-state index contributed by atoms with van der Waals surface area (Å²) in [5, 5.41) is 0. The lowest BCUT2D eigenvalue weighted by molar-refractivity contribution is 0.321. The van der Waals surface area contributed by atoms with E-state index in [0.717, 1.165) is 0 Å². The number of hydrogen-bond donors (Lipinski definition) is 1. The molecular formula is C11H18N2. The first-order valence-corrected chi connectivity index (χ1v) is 4.60. The maximum atomic E-state index is 5.58. The molecule has 13 heavy (non-hydrogen) atoms. The molecule has 0 aliphatic heterocycles. The number of hydrogen-bond acceptors (Lipinski definition) is 2. The number of nitrogens with zero attached hydrogens (tertiary/aromatic N) is 1. The molecule has 1 aromatic rings. The summed E-state index contributed by atoms with van der Waals surface area (Å²) in [5.41, 5.74) is 8.11. The normalized spacial score (nSPS) is 13.3. The van der Waals surface area contributed by atoms with Gasteiger partial charge >= 0.3 is 0 Å². The molecule has 0 amide bonds. The van der Waals surface area contributed by atoms with Crippen molar-refractivity contribution in [3.05, 3.63) is 35.4 Å². The van der Waals surface area contributed by atoms with E-state index in [9.17, 15) is 0 Å². The molecule has 0 saturated heterocycles. The summed E-state index contributed by atoms with van der Waals surface area (Å²) in [6, 6.07) is 8.89. The van der Waals surface area contributed by atoms with Crippen molar-refractivity contribution in [2.24, 2.45) is 5.73 Å². The molecule has 0 aliphatic rings. The summed E-state index contributed by atoms with van der Waals surface area (Å²) >= 11 is 0. The maximum absolute atomic E-state index is 5.58. The van der Waals surface area contributed by atoms with Crippen LogP contribution in [0.4, 0.5) is 0 Å². The quantitative estimate of drug-likeness (QED) is 0.764. The highest BCUT2D eigenvalue weighted by Crippen LogP contribution is 2.17. The second-order valence-corrected chi connectivity index (χ2v) is 3.59. The van der Waals surface area contributed by atoms with Gasteiger partial charge in [-0.05, 0) is 32.1 Å². The Balaban J connectivity index is 2.88. The summed E-state index contributed by atoms with van der Waals surface area (Å²) in [6.45, 7) is 2.81. The van der Waals surface area contributed by atoms with Gasteiger partial charge in [-0.2, -0.15) is 0 Å². The minimum Gasteiger partial charge on any atom is -0.326 e. The molecule has 0 fully saturated rings. The second kappa shape index (κ2) is 4.40. The predicted octanol–water partition coefficient (Wildman–Crippen LogP) is 1.77. The molecular weight excluding hydrogens is 160 g/mol. The minimum atomic E-state index is 0.450. The molecule has 0 spiro atoms. The molecule has 1 unspecified atom stereocenters. The molecule has 0 aliphatic carbocycles. The van der Waals surface area contributed by atoms with E-state index in [0.29, 0.717) is 12.6 Å². The van der Waals surface area contributed by atoms with Gasteiger partial charge in [0.1, 0.15) is 0 Å². The topological polar surface area (TPSA) is 29.3 Å². The van der Waals surface area contributed by atoms with Crippen LogP contribution in [-0.2, 0) is 6.54 Å². The lowest BCUT2D eigenvalue weighted by Gasteiger charge is -2.20.